The lowest BCUT2D eigenvalue weighted by Gasteiger charge is -2.41. The predicted octanol–water partition coefficient (Wildman–Crippen LogP) is 4.82. The molecule has 0 saturated heterocycles. The summed E-state index contributed by atoms with van der Waals surface area (Å²) in [4.78, 5) is 23.2. The first-order valence-electron chi connectivity index (χ1n) is 8.26. The maximum absolute atomic E-state index is 11.8. The molecular formula is C18H34O4. The molecule has 0 aromatic carbocycles. The van der Waals surface area contributed by atoms with Crippen LogP contribution in [0.1, 0.15) is 80.6 Å². The van der Waals surface area contributed by atoms with E-state index in [0.29, 0.717) is 19.3 Å². The van der Waals surface area contributed by atoms with Gasteiger partial charge in [0, 0.05) is 0 Å². The normalized spacial score (nSPS) is 16.9. The molecule has 0 saturated carbocycles. The Labute approximate surface area is 135 Å². The molecule has 0 spiro atoms. The van der Waals surface area contributed by atoms with Gasteiger partial charge in [0.1, 0.15) is 0 Å². The molecule has 0 aromatic heterocycles. The van der Waals surface area contributed by atoms with Crippen molar-refractivity contribution in [1.29, 1.82) is 0 Å². The summed E-state index contributed by atoms with van der Waals surface area (Å²) in [6.07, 6.45) is 3.28. The Morgan fingerprint density at radius 3 is 1.73 bits per heavy atom. The van der Waals surface area contributed by atoms with Crippen molar-refractivity contribution in [3.63, 3.8) is 0 Å². The van der Waals surface area contributed by atoms with Crippen LogP contribution >= 0.6 is 0 Å². The van der Waals surface area contributed by atoms with E-state index < -0.39 is 17.4 Å². The third-order valence-electron chi connectivity index (χ3n) is 5.14. The summed E-state index contributed by atoms with van der Waals surface area (Å²) in [6, 6.07) is 0. The molecule has 0 bridgehead atoms. The maximum Gasteiger partial charge on any atom is 0.310 e. The van der Waals surface area contributed by atoms with Gasteiger partial charge >= 0.3 is 11.9 Å². The fourth-order valence-corrected chi connectivity index (χ4v) is 3.36. The number of hydrogen-bond donors (Lipinski definition) is 2. The minimum absolute atomic E-state index is 0.273. The first-order valence-corrected chi connectivity index (χ1v) is 8.26. The van der Waals surface area contributed by atoms with Gasteiger partial charge in [0.15, 0.2) is 0 Å². The van der Waals surface area contributed by atoms with Gasteiger partial charge in [-0.2, -0.15) is 0 Å². The number of unbranched alkanes of at least 4 members (excludes halogenated alkanes) is 1. The van der Waals surface area contributed by atoms with E-state index in [1.54, 1.807) is 0 Å². The van der Waals surface area contributed by atoms with Crippen LogP contribution in [0.2, 0.25) is 0 Å². The van der Waals surface area contributed by atoms with Gasteiger partial charge in [0.2, 0.25) is 0 Å². The summed E-state index contributed by atoms with van der Waals surface area (Å²) in [5.74, 6) is -1.89. The zero-order valence-corrected chi connectivity index (χ0v) is 15.3. The summed E-state index contributed by atoms with van der Waals surface area (Å²) >= 11 is 0. The number of carbonyl (C=O) groups is 2. The first kappa shape index (κ1) is 20.9. The summed E-state index contributed by atoms with van der Waals surface area (Å²) in [5.41, 5.74) is -1.33. The summed E-state index contributed by atoms with van der Waals surface area (Å²) in [5, 5.41) is 19.0. The summed E-state index contributed by atoms with van der Waals surface area (Å²) in [6.45, 7) is 13.7. The summed E-state index contributed by atoms with van der Waals surface area (Å²) < 4.78 is 0. The van der Waals surface area contributed by atoms with Gasteiger partial charge in [-0.1, -0.05) is 61.3 Å². The van der Waals surface area contributed by atoms with Crippen LogP contribution in [0, 0.1) is 22.2 Å². The predicted molar refractivity (Wildman–Crippen MR) is 88.9 cm³/mol. The minimum atomic E-state index is -0.761. The highest BCUT2D eigenvalue weighted by Crippen LogP contribution is 2.46. The van der Waals surface area contributed by atoms with E-state index in [2.05, 4.69) is 0 Å². The first-order chi connectivity index (χ1) is 9.79. The van der Waals surface area contributed by atoms with Gasteiger partial charge in [0.05, 0.1) is 11.3 Å². The van der Waals surface area contributed by atoms with Crippen LogP contribution in [0.15, 0.2) is 0 Å². The van der Waals surface area contributed by atoms with Crippen molar-refractivity contribution in [2.24, 2.45) is 22.2 Å². The van der Waals surface area contributed by atoms with Crippen molar-refractivity contribution in [3.8, 4) is 0 Å². The monoisotopic (exact) mass is 314 g/mol. The molecule has 0 fully saturated rings. The average Bonchev–Trinajstić information content (AvgIpc) is 2.29. The Balaban J connectivity index is 4.79. The number of rotatable bonds is 8. The molecule has 4 heteroatoms. The Morgan fingerprint density at radius 1 is 0.955 bits per heavy atom. The number of carboxylic acids is 2. The van der Waals surface area contributed by atoms with Crippen LogP contribution < -0.4 is 0 Å². The second kappa shape index (κ2) is 7.47. The molecule has 2 unspecified atom stereocenters. The Bertz CT molecular complexity index is 387. The van der Waals surface area contributed by atoms with Gasteiger partial charge in [-0.15, -0.1) is 0 Å². The van der Waals surface area contributed by atoms with Crippen LogP contribution in [0.4, 0.5) is 0 Å². The average molecular weight is 314 g/mol. The van der Waals surface area contributed by atoms with Crippen molar-refractivity contribution in [2.75, 3.05) is 0 Å². The SMILES string of the molecule is CCC(CCCCC(C(=O)O)C(C)(C)C)(C(=O)O)C(C)(C)C. The molecular weight excluding hydrogens is 280 g/mol. The van der Waals surface area contributed by atoms with E-state index >= 15 is 0 Å². The zero-order chi connectivity index (χ0) is 17.8. The molecule has 2 atom stereocenters. The maximum atomic E-state index is 11.8. The van der Waals surface area contributed by atoms with E-state index in [0.717, 1.165) is 12.8 Å². The molecule has 2 N–H and O–H groups in total. The van der Waals surface area contributed by atoms with Crippen LogP contribution in [0.25, 0.3) is 0 Å². The van der Waals surface area contributed by atoms with E-state index in [1.807, 2.05) is 48.5 Å². The molecule has 22 heavy (non-hydrogen) atoms. The van der Waals surface area contributed by atoms with Crippen molar-refractivity contribution < 1.29 is 19.8 Å². The third-order valence-corrected chi connectivity index (χ3v) is 5.14. The molecule has 0 aliphatic heterocycles. The molecule has 0 radical (unpaired) electrons. The Hall–Kier alpha value is -1.06. The fraction of sp³-hybridized carbons (Fsp3) is 0.889. The highest BCUT2D eigenvalue weighted by molar-refractivity contribution is 5.75. The molecule has 0 aromatic rings. The number of aliphatic carboxylic acids is 2. The lowest BCUT2D eigenvalue weighted by Crippen LogP contribution is -2.42. The Kier molecular flexibility index (Phi) is 7.11. The number of hydrogen-bond acceptors (Lipinski definition) is 2. The van der Waals surface area contributed by atoms with Crippen molar-refractivity contribution in [2.45, 2.75) is 80.6 Å². The van der Waals surface area contributed by atoms with E-state index in [9.17, 15) is 19.8 Å². The lowest BCUT2D eigenvalue weighted by atomic mass is 9.62. The standard InChI is InChI=1S/C18H34O4/c1-8-18(15(21)22,17(5,6)7)12-10-9-11-13(14(19)20)16(2,3)4/h13H,8-12H2,1-7H3,(H,19,20)(H,21,22). The Morgan fingerprint density at radius 2 is 1.45 bits per heavy atom. The molecule has 130 valence electrons. The van der Waals surface area contributed by atoms with Crippen molar-refractivity contribution in [1.82, 2.24) is 0 Å². The van der Waals surface area contributed by atoms with E-state index in [1.165, 1.54) is 0 Å². The zero-order valence-electron chi connectivity index (χ0n) is 15.3. The van der Waals surface area contributed by atoms with Crippen LogP contribution in [-0.2, 0) is 9.59 Å². The van der Waals surface area contributed by atoms with Gasteiger partial charge in [-0.3, -0.25) is 9.59 Å². The quantitative estimate of drug-likeness (QED) is 0.630. The highest BCUT2D eigenvalue weighted by Gasteiger charge is 2.46. The second-order valence-corrected chi connectivity index (χ2v) is 8.49. The minimum Gasteiger partial charge on any atom is -0.481 e. The van der Waals surface area contributed by atoms with Crippen molar-refractivity contribution >= 4 is 11.9 Å². The van der Waals surface area contributed by atoms with E-state index in [4.69, 9.17) is 0 Å². The van der Waals surface area contributed by atoms with E-state index in [-0.39, 0.29) is 16.7 Å². The largest absolute Gasteiger partial charge is 0.481 e. The van der Waals surface area contributed by atoms with Crippen molar-refractivity contribution in [3.05, 3.63) is 0 Å². The van der Waals surface area contributed by atoms with Gasteiger partial charge in [-0.05, 0) is 30.1 Å². The van der Waals surface area contributed by atoms with Crippen LogP contribution in [0.3, 0.4) is 0 Å². The third kappa shape index (κ3) is 4.99. The molecule has 0 rings (SSSR count). The second-order valence-electron chi connectivity index (χ2n) is 8.49. The molecule has 0 amide bonds. The highest BCUT2D eigenvalue weighted by atomic mass is 16.4. The van der Waals surface area contributed by atoms with Gasteiger partial charge < -0.3 is 10.2 Å². The molecule has 0 aliphatic rings. The lowest BCUT2D eigenvalue weighted by molar-refractivity contribution is -0.158. The number of carboxylic acid groups (broad SMARTS) is 2. The van der Waals surface area contributed by atoms with Gasteiger partial charge in [0.25, 0.3) is 0 Å². The molecule has 4 nitrogen and oxygen atoms in total. The summed E-state index contributed by atoms with van der Waals surface area (Å²) in [7, 11) is 0. The van der Waals surface area contributed by atoms with Crippen LogP contribution in [-0.4, -0.2) is 22.2 Å². The molecule has 0 heterocycles. The topological polar surface area (TPSA) is 74.6 Å². The smallest absolute Gasteiger partial charge is 0.310 e. The van der Waals surface area contributed by atoms with Crippen LogP contribution in [0.5, 0.6) is 0 Å². The van der Waals surface area contributed by atoms with Gasteiger partial charge in [-0.25, -0.2) is 0 Å². The fourth-order valence-electron chi connectivity index (χ4n) is 3.36. The molecule has 0 aliphatic carbocycles.